The van der Waals surface area contributed by atoms with Crippen molar-refractivity contribution in [1.29, 1.82) is 0 Å². The first kappa shape index (κ1) is 14.1. The molecule has 3 aliphatic heterocycles. The third kappa shape index (κ3) is 1.55. The highest BCUT2D eigenvalue weighted by Crippen LogP contribution is 2.57. The molecule has 0 unspecified atom stereocenters. The Balaban J connectivity index is 1.80. The van der Waals surface area contributed by atoms with Crippen LogP contribution in [0.25, 0.3) is 0 Å². The molecule has 0 saturated carbocycles. The fourth-order valence-electron chi connectivity index (χ4n) is 3.89. The fourth-order valence-corrected chi connectivity index (χ4v) is 4.15. The number of anilines is 1. The number of carbonyl (C=O) groups excluding carboxylic acids is 2. The second kappa shape index (κ2) is 4.28. The molecule has 4 atom stereocenters. The summed E-state index contributed by atoms with van der Waals surface area (Å²) in [6, 6.07) is 7.03. The second-order valence-corrected chi connectivity index (χ2v) is 7.09. The van der Waals surface area contributed by atoms with Gasteiger partial charge in [0, 0.05) is 4.47 Å². The number of imide groups is 1. The van der Waals surface area contributed by atoms with Crippen LogP contribution in [0.15, 0.2) is 40.9 Å². The largest absolute Gasteiger partial charge is 0.393 e. The van der Waals surface area contributed by atoms with Gasteiger partial charge in [-0.3, -0.25) is 9.59 Å². The predicted octanol–water partition coefficient (Wildman–Crippen LogP) is 1.64. The minimum atomic E-state index is -1.07. The first-order valence-electron chi connectivity index (χ1n) is 7.07. The Bertz CT molecular complexity index is 715. The van der Waals surface area contributed by atoms with Crippen LogP contribution in [0.3, 0.4) is 0 Å². The van der Waals surface area contributed by atoms with Crippen molar-refractivity contribution in [3.05, 3.63) is 40.9 Å². The van der Waals surface area contributed by atoms with E-state index < -0.39 is 23.0 Å². The van der Waals surface area contributed by atoms with Crippen LogP contribution in [0.4, 0.5) is 5.69 Å². The Morgan fingerprint density at radius 3 is 2.45 bits per heavy atom. The number of amides is 2. The van der Waals surface area contributed by atoms with E-state index in [4.69, 9.17) is 4.74 Å². The Labute approximate surface area is 135 Å². The van der Waals surface area contributed by atoms with E-state index >= 15 is 0 Å². The minimum absolute atomic E-state index is 0.264. The van der Waals surface area contributed by atoms with Gasteiger partial charge in [-0.15, -0.1) is 0 Å². The first-order chi connectivity index (χ1) is 10.4. The maximum atomic E-state index is 12.8. The molecule has 3 heterocycles. The summed E-state index contributed by atoms with van der Waals surface area (Å²) in [5, 5.41) is 9.74. The van der Waals surface area contributed by atoms with Crippen molar-refractivity contribution in [3.63, 3.8) is 0 Å². The molecule has 2 bridgehead atoms. The van der Waals surface area contributed by atoms with Gasteiger partial charge in [-0.2, -0.15) is 0 Å². The molecule has 1 aromatic carbocycles. The van der Waals surface area contributed by atoms with Crippen LogP contribution in [0.2, 0.25) is 0 Å². The third-order valence-electron chi connectivity index (χ3n) is 4.89. The van der Waals surface area contributed by atoms with Gasteiger partial charge in [0.25, 0.3) is 0 Å². The van der Waals surface area contributed by atoms with E-state index in [0.717, 1.165) is 4.47 Å². The highest BCUT2D eigenvalue weighted by molar-refractivity contribution is 9.10. The lowest BCUT2D eigenvalue weighted by Gasteiger charge is -2.26. The molecule has 2 fully saturated rings. The molecule has 1 aromatic rings. The van der Waals surface area contributed by atoms with E-state index in [-0.39, 0.29) is 18.4 Å². The average molecular weight is 364 g/mol. The smallest absolute Gasteiger partial charge is 0.241 e. The molecular formula is C16H14BrNO4. The van der Waals surface area contributed by atoms with Crippen LogP contribution in [-0.2, 0) is 14.3 Å². The molecular weight excluding hydrogens is 350 g/mol. The van der Waals surface area contributed by atoms with Crippen molar-refractivity contribution in [2.75, 3.05) is 11.5 Å². The normalized spacial score (nSPS) is 39.0. The molecule has 6 heteroatoms. The summed E-state index contributed by atoms with van der Waals surface area (Å²) in [6.07, 6.45) is 3.52. The topological polar surface area (TPSA) is 66.8 Å². The van der Waals surface area contributed by atoms with E-state index in [1.54, 1.807) is 43.3 Å². The molecule has 5 nitrogen and oxygen atoms in total. The molecule has 3 aliphatic rings. The van der Waals surface area contributed by atoms with Gasteiger partial charge in [-0.1, -0.05) is 28.1 Å². The Morgan fingerprint density at radius 1 is 1.18 bits per heavy atom. The molecule has 22 heavy (non-hydrogen) atoms. The van der Waals surface area contributed by atoms with Crippen LogP contribution < -0.4 is 4.90 Å². The van der Waals surface area contributed by atoms with Crippen LogP contribution in [0, 0.1) is 11.8 Å². The number of hydrogen-bond acceptors (Lipinski definition) is 4. The Hall–Kier alpha value is -1.50. The second-order valence-electron chi connectivity index (χ2n) is 6.18. The van der Waals surface area contributed by atoms with E-state index in [1.165, 1.54) is 4.90 Å². The molecule has 2 saturated heterocycles. The summed E-state index contributed by atoms with van der Waals surface area (Å²) in [4.78, 5) is 26.9. The highest BCUT2D eigenvalue weighted by Gasteiger charge is 2.72. The maximum Gasteiger partial charge on any atom is 0.241 e. The lowest BCUT2D eigenvalue weighted by atomic mass is 9.73. The Kier molecular flexibility index (Phi) is 2.74. The summed E-state index contributed by atoms with van der Waals surface area (Å²) in [5.41, 5.74) is -1.36. The van der Waals surface area contributed by atoms with Crippen LogP contribution in [0.1, 0.15) is 6.92 Å². The number of aliphatic hydroxyl groups is 1. The van der Waals surface area contributed by atoms with Gasteiger partial charge >= 0.3 is 0 Å². The summed E-state index contributed by atoms with van der Waals surface area (Å²) >= 11 is 3.34. The van der Waals surface area contributed by atoms with E-state index in [2.05, 4.69) is 15.9 Å². The number of nitrogens with zero attached hydrogens (tertiary/aromatic N) is 1. The maximum absolute atomic E-state index is 12.8. The number of carbonyl (C=O) groups is 2. The molecule has 114 valence electrons. The monoisotopic (exact) mass is 363 g/mol. The van der Waals surface area contributed by atoms with Gasteiger partial charge in [0.15, 0.2) is 0 Å². The van der Waals surface area contributed by atoms with Gasteiger partial charge < -0.3 is 9.84 Å². The Morgan fingerprint density at radius 2 is 1.82 bits per heavy atom. The molecule has 0 spiro atoms. The number of aliphatic hydroxyl groups excluding tert-OH is 1. The quantitative estimate of drug-likeness (QED) is 0.640. The summed E-state index contributed by atoms with van der Waals surface area (Å²) in [5.74, 6) is -1.82. The third-order valence-corrected chi connectivity index (χ3v) is 5.42. The fraction of sp³-hybridized carbons (Fsp3) is 0.375. The van der Waals surface area contributed by atoms with E-state index in [1.807, 2.05) is 0 Å². The van der Waals surface area contributed by atoms with Gasteiger partial charge in [0.2, 0.25) is 11.8 Å². The highest BCUT2D eigenvalue weighted by atomic mass is 79.9. The number of halogens is 1. The van der Waals surface area contributed by atoms with Gasteiger partial charge in [0.1, 0.15) is 5.60 Å². The number of hydrogen-bond donors (Lipinski definition) is 1. The van der Waals surface area contributed by atoms with Crippen molar-refractivity contribution < 1.29 is 19.4 Å². The standard InChI is InChI=1S/C16H14BrNO4/c1-15-6-7-16(8-19,22-15)12-11(15)13(20)18(14(12)21)10-4-2-9(17)3-5-10/h2-7,11-12,19H,8H2,1H3/t11-,12+,15+,16-/m1/s1. The molecule has 2 amide bonds. The van der Waals surface area contributed by atoms with Crippen molar-refractivity contribution in [1.82, 2.24) is 0 Å². The van der Waals surface area contributed by atoms with Crippen LogP contribution in [-0.4, -0.2) is 34.7 Å². The predicted molar refractivity (Wildman–Crippen MR) is 82.1 cm³/mol. The number of ether oxygens (including phenoxy) is 1. The summed E-state index contributed by atoms with van der Waals surface area (Å²) in [6.45, 7) is 1.48. The number of rotatable bonds is 2. The van der Waals surface area contributed by atoms with E-state index in [0.29, 0.717) is 5.69 Å². The minimum Gasteiger partial charge on any atom is -0.393 e. The van der Waals surface area contributed by atoms with Crippen molar-refractivity contribution in [3.8, 4) is 0 Å². The molecule has 0 radical (unpaired) electrons. The molecule has 0 aliphatic carbocycles. The van der Waals surface area contributed by atoms with Crippen molar-refractivity contribution in [2.24, 2.45) is 11.8 Å². The average Bonchev–Trinajstić information content (AvgIpc) is 3.07. The zero-order valence-electron chi connectivity index (χ0n) is 11.8. The molecule has 0 aromatic heterocycles. The first-order valence-corrected chi connectivity index (χ1v) is 7.86. The summed E-state index contributed by atoms with van der Waals surface area (Å²) in [7, 11) is 0. The van der Waals surface area contributed by atoms with Crippen molar-refractivity contribution >= 4 is 33.4 Å². The lowest BCUT2D eigenvalue weighted by Crippen LogP contribution is -2.43. The van der Waals surface area contributed by atoms with Gasteiger partial charge in [-0.25, -0.2) is 4.90 Å². The molecule has 1 N–H and O–H groups in total. The van der Waals surface area contributed by atoms with Gasteiger partial charge in [0.05, 0.1) is 29.7 Å². The zero-order chi connectivity index (χ0) is 15.7. The molecule has 4 rings (SSSR count). The van der Waals surface area contributed by atoms with E-state index in [9.17, 15) is 14.7 Å². The van der Waals surface area contributed by atoms with Gasteiger partial charge in [-0.05, 0) is 31.2 Å². The lowest BCUT2D eigenvalue weighted by molar-refractivity contribution is -0.131. The van der Waals surface area contributed by atoms with Crippen LogP contribution in [0.5, 0.6) is 0 Å². The zero-order valence-corrected chi connectivity index (χ0v) is 13.4. The summed E-state index contributed by atoms with van der Waals surface area (Å²) < 4.78 is 6.75. The SMILES string of the molecule is C[C@@]12C=C[C@](CO)(O1)[C@@H]1C(=O)N(c3ccc(Br)cc3)C(=O)[C@@H]12. The number of fused-ring (bicyclic) bond motifs is 5. The van der Waals surface area contributed by atoms with Crippen molar-refractivity contribution in [2.45, 2.75) is 18.1 Å². The van der Waals surface area contributed by atoms with Crippen LogP contribution >= 0.6 is 15.9 Å². The number of benzene rings is 1.